The highest BCUT2D eigenvalue weighted by Gasteiger charge is 2.19. The topological polar surface area (TPSA) is 87.0 Å². The van der Waals surface area contributed by atoms with Crippen LogP contribution in [0.2, 0.25) is 0 Å². The average molecular weight is 249 g/mol. The third-order valence-corrected chi connectivity index (χ3v) is 2.61. The summed E-state index contributed by atoms with van der Waals surface area (Å²) in [6, 6.07) is 7.74. The number of carbonyl (C=O) groups excluding carboxylic acids is 1. The van der Waals surface area contributed by atoms with Gasteiger partial charge in [-0.3, -0.25) is 4.79 Å². The Balaban J connectivity index is 2.65. The molecule has 1 aromatic carbocycles. The van der Waals surface area contributed by atoms with Crippen molar-refractivity contribution in [1.82, 2.24) is 0 Å². The van der Waals surface area contributed by atoms with Gasteiger partial charge in [0, 0.05) is 6.42 Å². The molecule has 1 aromatic rings. The fourth-order valence-corrected chi connectivity index (χ4v) is 1.60. The molecule has 96 valence electrons. The van der Waals surface area contributed by atoms with Crippen molar-refractivity contribution >= 4 is 17.5 Å². The van der Waals surface area contributed by atoms with Gasteiger partial charge in [0.15, 0.2) is 5.78 Å². The second-order valence-electron chi connectivity index (χ2n) is 3.85. The van der Waals surface area contributed by atoms with Crippen LogP contribution in [0.15, 0.2) is 29.4 Å². The lowest BCUT2D eigenvalue weighted by Crippen LogP contribution is -2.24. The van der Waals surface area contributed by atoms with Crippen molar-refractivity contribution in [2.24, 2.45) is 5.16 Å². The Morgan fingerprint density at radius 3 is 2.50 bits per heavy atom. The molecule has 2 N–H and O–H groups in total. The van der Waals surface area contributed by atoms with Gasteiger partial charge in [0.05, 0.1) is 0 Å². The van der Waals surface area contributed by atoms with E-state index in [4.69, 9.17) is 10.3 Å². The van der Waals surface area contributed by atoms with E-state index in [-0.39, 0.29) is 6.42 Å². The van der Waals surface area contributed by atoms with Crippen LogP contribution >= 0.6 is 0 Å². The zero-order valence-corrected chi connectivity index (χ0v) is 10.1. The van der Waals surface area contributed by atoms with E-state index in [0.29, 0.717) is 6.42 Å². The summed E-state index contributed by atoms with van der Waals surface area (Å²) in [7, 11) is 0. The predicted molar refractivity (Wildman–Crippen MR) is 66.0 cm³/mol. The number of Topliss-reactive ketones (excluding diaryl/α,β-unsaturated/α-hetero) is 1. The van der Waals surface area contributed by atoms with Gasteiger partial charge in [-0.1, -0.05) is 36.3 Å². The van der Waals surface area contributed by atoms with Gasteiger partial charge in [-0.05, 0) is 24.0 Å². The van der Waals surface area contributed by atoms with Crippen molar-refractivity contribution in [3.05, 3.63) is 35.4 Å². The lowest BCUT2D eigenvalue weighted by Gasteiger charge is -2.03. The van der Waals surface area contributed by atoms with Gasteiger partial charge in [0.25, 0.3) is 0 Å². The normalized spacial score (nSPS) is 11.3. The standard InChI is InChI=1S/C13H15NO4/c1-2-9-4-3-5-10(8-9)6-7-11(15)12(14-18)13(16)17/h3-5,8,18H,2,6-7H2,1H3,(H,16,17)/b14-12-. The number of aryl methyl sites for hydroxylation is 2. The number of benzene rings is 1. The van der Waals surface area contributed by atoms with Crippen molar-refractivity contribution < 1.29 is 19.9 Å². The molecule has 0 radical (unpaired) electrons. The summed E-state index contributed by atoms with van der Waals surface area (Å²) in [5, 5.41) is 19.5. The number of rotatable bonds is 6. The van der Waals surface area contributed by atoms with Crippen LogP contribution in [0.3, 0.4) is 0 Å². The highest BCUT2D eigenvalue weighted by Crippen LogP contribution is 2.08. The summed E-state index contributed by atoms with van der Waals surface area (Å²) in [6.45, 7) is 2.03. The Morgan fingerprint density at radius 2 is 1.94 bits per heavy atom. The van der Waals surface area contributed by atoms with Gasteiger partial charge < -0.3 is 10.3 Å². The van der Waals surface area contributed by atoms with E-state index in [1.54, 1.807) is 0 Å². The molecule has 0 bridgehead atoms. The Labute approximate surface area is 105 Å². The van der Waals surface area contributed by atoms with Gasteiger partial charge in [-0.25, -0.2) is 4.79 Å². The molecule has 0 aliphatic heterocycles. The lowest BCUT2D eigenvalue weighted by atomic mass is 10.0. The molecule has 18 heavy (non-hydrogen) atoms. The smallest absolute Gasteiger partial charge is 0.361 e. The fraction of sp³-hybridized carbons (Fsp3) is 0.308. The third kappa shape index (κ3) is 3.69. The molecule has 0 spiro atoms. The zero-order chi connectivity index (χ0) is 13.5. The molecule has 0 amide bonds. The first kappa shape index (κ1) is 13.9. The van der Waals surface area contributed by atoms with Gasteiger partial charge >= 0.3 is 5.97 Å². The molecule has 0 atom stereocenters. The molecule has 0 saturated heterocycles. The molecular weight excluding hydrogens is 234 g/mol. The summed E-state index contributed by atoms with van der Waals surface area (Å²) in [6.07, 6.45) is 1.35. The van der Waals surface area contributed by atoms with E-state index in [9.17, 15) is 9.59 Å². The first-order valence-corrected chi connectivity index (χ1v) is 5.64. The molecule has 5 heteroatoms. The number of ketones is 1. The largest absolute Gasteiger partial charge is 0.476 e. The molecule has 0 saturated carbocycles. The molecule has 0 fully saturated rings. The van der Waals surface area contributed by atoms with E-state index in [1.807, 2.05) is 31.2 Å². The first-order chi connectivity index (χ1) is 8.58. The third-order valence-electron chi connectivity index (χ3n) is 2.61. The maximum absolute atomic E-state index is 11.5. The van der Waals surface area contributed by atoms with Crippen LogP contribution in [0.5, 0.6) is 0 Å². The first-order valence-electron chi connectivity index (χ1n) is 5.64. The summed E-state index contributed by atoms with van der Waals surface area (Å²) < 4.78 is 0. The second kappa shape index (κ2) is 6.54. The van der Waals surface area contributed by atoms with Gasteiger partial charge in [0.1, 0.15) is 0 Å². The van der Waals surface area contributed by atoms with Crippen molar-refractivity contribution in [3.8, 4) is 0 Å². The molecule has 1 rings (SSSR count). The van der Waals surface area contributed by atoms with E-state index >= 15 is 0 Å². The van der Waals surface area contributed by atoms with Crippen molar-refractivity contribution in [2.45, 2.75) is 26.2 Å². The number of carbonyl (C=O) groups is 2. The monoisotopic (exact) mass is 249 g/mol. The van der Waals surface area contributed by atoms with Crippen molar-refractivity contribution in [3.63, 3.8) is 0 Å². The van der Waals surface area contributed by atoms with Crippen LogP contribution in [0.4, 0.5) is 0 Å². The van der Waals surface area contributed by atoms with E-state index < -0.39 is 17.5 Å². The summed E-state index contributed by atoms with van der Waals surface area (Å²) in [5.41, 5.74) is 1.31. The molecule has 0 aliphatic rings. The quantitative estimate of drug-likeness (QED) is 0.347. The van der Waals surface area contributed by atoms with Crippen LogP contribution in [-0.4, -0.2) is 27.8 Å². The minimum atomic E-state index is -1.51. The zero-order valence-electron chi connectivity index (χ0n) is 10.1. The van der Waals surface area contributed by atoms with E-state index in [0.717, 1.165) is 17.5 Å². The minimum absolute atomic E-state index is 0.0128. The Bertz CT molecular complexity index is 480. The number of hydrogen-bond donors (Lipinski definition) is 2. The SMILES string of the molecule is CCc1cccc(CCC(=O)/C(=N/O)C(=O)O)c1. The van der Waals surface area contributed by atoms with Crippen LogP contribution in [0, 0.1) is 0 Å². The van der Waals surface area contributed by atoms with Crippen LogP contribution in [-0.2, 0) is 22.4 Å². The predicted octanol–water partition coefficient (Wildman–Crippen LogP) is 1.67. The van der Waals surface area contributed by atoms with E-state index in [1.165, 1.54) is 0 Å². The number of hydrogen-bond acceptors (Lipinski definition) is 4. The van der Waals surface area contributed by atoms with Crippen LogP contribution < -0.4 is 0 Å². The van der Waals surface area contributed by atoms with Crippen LogP contribution in [0.25, 0.3) is 0 Å². The van der Waals surface area contributed by atoms with Crippen LogP contribution in [0.1, 0.15) is 24.5 Å². The average Bonchev–Trinajstić information content (AvgIpc) is 2.37. The van der Waals surface area contributed by atoms with Crippen molar-refractivity contribution in [2.75, 3.05) is 0 Å². The fourth-order valence-electron chi connectivity index (χ4n) is 1.60. The lowest BCUT2D eigenvalue weighted by molar-refractivity contribution is -0.130. The highest BCUT2D eigenvalue weighted by atomic mass is 16.4. The van der Waals surface area contributed by atoms with Crippen molar-refractivity contribution in [1.29, 1.82) is 0 Å². The van der Waals surface area contributed by atoms with Gasteiger partial charge in [-0.2, -0.15) is 0 Å². The number of nitrogens with zero attached hydrogens (tertiary/aromatic N) is 1. The minimum Gasteiger partial charge on any atom is -0.476 e. The molecule has 5 nitrogen and oxygen atoms in total. The molecule has 0 heterocycles. The Morgan fingerprint density at radius 1 is 1.28 bits per heavy atom. The summed E-state index contributed by atoms with van der Waals surface area (Å²) in [5.74, 6) is -2.18. The Hall–Kier alpha value is -2.17. The molecule has 0 aromatic heterocycles. The molecule has 0 aliphatic carbocycles. The number of carboxylic acids is 1. The Kier molecular flexibility index (Phi) is 5.05. The van der Waals surface area contributed by atoms with Gasteiger partial charge in [-0.15, -0.1) is 0 Å². The summed E-state index contributed by atoms with van der Waals surface area (Å²) >= 11 is 0. The second-order valence-corrected chi connectivity index (χ2v) is 3.85. The summed E-state index contributed by atoms with van der Waals surface area (Å²) in [4.78, 5) is 22.0. The van der Waals surface area contributed by atoms with Gasteiger partial charge in [0.2, 0.25) is 5.71 Å². The molecule has 0 unspecified atom stereocenters. The highest BCUT2D eigenvalue weighted by molar-refractivity contribution is 6.63. The maximum atomic E-state index is 11.5. The number of aliphatic carboxylic acids is 1. The number of carboxylic acid groups (broad SMARTS) is 1. The molecular formula is C13H15NO4. The number of oxime groups is 1. The maximum Gasteiger partial charge on any atom is 0.361 e. The van der Waals surface area contributed by atoms with E-state index in [2.05, 4.69) is 5.16 Å².